The number of hydrogen-bond donors (Lipinski definition) is 0. The number of alkyl halides is 1. The van der Waals surface area contributed by atoms with E-state index in [0.29, 0.717) is 10.5 Å². The van der Waals surface area contributed by atoms with Gasteiger partial charge in [0.15, 0.2) is 0 Å². The van der Waals surface area contributed by atoms with E-state index in [1.54, 1.807) is 30.1 Å². The van der Waals surface area contributed by atoms with Gasteiger partial charge in [0.25, 0.3) is 0 Å². The maximum absolute atomic E-state index is 10.4. The van der Waals surface area contributed by atoms with Crippen molar-refractivity contribution in [3.8, 4) is 0 Å². The summed E-state index contributed by atoms with van der Waals surface area (Å²) in [4.78, 5) is 20.8. The summed E-state index contributed by atoms with van der Waals surface area (Å²) in [5.74, 6) is 3.41. The number of benzene rings is 1. The zero-order valence-corrected chi connectivity index (χ0v) is 7.72. The van der Waals surface area contributed by atoms with E-state index >= 15 is 0 Å². The van der Waals surface area contributed by atoms with Crippen LogP contribution in [0.2, 0.25) is 0 Å². The van der Waals surface area contributed by atoms with Crippen molar-refractivity contribution in [3.63, 3.8) is 0 Å². The molecule has 0 bridgehead atoms. The van der Waals surface area contributed by atoms with Crippen molar-refractivity contribution in [2.75, 3.05) is 0 Å². The molecule has 0 saturated carbocycles. The lowest BCUT2D eigenvalue weighted by Gasteiger charge is -1.91. The first kappa shape index (κ1) is 8.95. The van der Waals surface area contributed by atoms with Gasteiger partial charge in [-0.15, -0.1) is 0 Å². The van der Waals surface area contributed by atoms with E-state index in [9.17, 15) is 9.59 Å². The fourth-order valence-corrected chi connectivity index (χ4v) is 1.38. The SMILES string of the molecule is O=C=c1cccc(CBr)c1=C=O. The van der Waals surface area contributed by atoms with Crippen LogP contribution in [0.4, 0.5) is 0 Å². The standard InChI is InChI=1S/C9H5BrO2/c10-4-7-2-1-3-8(5-11)9(7)6-12/h1-3H,4H2. The summed E-state index contributed by atoms with van der Waals surface area (Å²) in [5.41, 5.74) is 0.755. The Morgan fingerprint density at radius 1 is 1.25 bits per heavy atom. The Morgan fingerprint density at radius 2 is 2.00 bits per heavy atom. The second-order valence-electron chi connectivity index (χ2n) is 2.18. The normalized spacial score (nSPS) is 8.75. The van der Waals surface area contributed by atoms with Crippen molar-refractivity contribution in [3.05, 3.63) is 34.2 Å². The Kier molecular flexibility index (Phi) is 3.01. The lowest BCUT2D eigenvalue weighted by atomic mass is 10.2. The molecule has 3 heteroatoms. The molecule has 0 spiro atoms. The van der Waals surface area contributed by atoms with Gasteiger partial charge in [-0.1, -0.05) is 28.1 Å². The molecular formula is C9H5BrO2. The van der Waals surface area contributed by atoms with Gasteiger partial charge in [-0.2, -0.15) is 0 Å². The van der Waals surface area contributed by atoms with Crippen molar-refractivity contribution in [2.45, 2.75) is 5.33 Å². The molecule has 0 aliphatic carbocycles. The molecule has 0 heterocycles. The van der Waals surface area contributed by atoms with Crippen LogP contribution >= 0.6 is 15.9 Å². The second kappa shape index (κ2) is 4.03. The highest BCUT2D eigenvalue weighted by Crippen LogP contribution is 1.94. The van der Waals surface area contributed by atoms with Crippen LogP contribution in [0.1, 0.15) is 5.56 Å². The summed E-state index contributed by atoms with van der Waals surface area (Å²) in [6.07, 6.45) is 0. The smallest absolute Gasteiger partial charge is 0.134 e. The van der Waals surface area contributed by atoms with Gasteiger partial charge in [0.2, 0.25) is 0 Å². The van der Waals surface area contributed by atoms with Crippen LogP contribution in [0.25, 0.3) is 0 Å². The quantitative estimate of drug-likeness (QED) is 0.609. The minimum Gasteiger partial charge on any atom is -0.233 e. The molecule has 0 aromatic heterocycles. The predicted octanol–water partition coefficient (Wildman–Crippen LogP) is -0.412. The summed E-state index contributed by atoms with van der Waals surface area (Å²) in [5, 5.41) is 1.10. The predicted molar refractivity (Wildman–Crippen MR) is 47.9 cm³/mol. The van der Waals surface area contributed by atoms with E-state index in [1.165, 1.54) is 0 Å². The summed E-state index contributed by atoms with van der Waals surface area (Å²) in [7, 11) is 0. The summed E-state index contributed by atoms with van der Waals surface area (Å²) >= 11 is 3.20. The minimum atomic E-state index is 0.266. The van der Waals surface area contributed by atoms with Crippen LogP contribution < -0.4 is 10.4 Å². The lowest BCUT2D eigenvalue weighted by Crippen LogP contribution is -2.30. The summed E-state index contributed by atoms with van der Waals surface area (Å²) in [6.45, 7) is 0. The fraction of sp³-hybridized carbons (Fsp3) is 0.111. The molecule has 12 heavy (non-hydrogen) atoms. The van der Waals surface area contributed by atoms with Gasteiger partial charge in [-0.05, 0) is 11.6 Å². The van der Waals surface area contributed by atoms with E-state index in [0.717, 1.165) is 5.56 Å². The molecule has 0 amide bonds. The van der Waals surface area contributed by atoms with Crippen LogP contribution in [0.5, 0.6) is 0 Å². The molecule has 1 aromatic rings. The molecule has 0 unspecified atom stereocenters. The maximum atomic E-state index is 10.4. The van der Waals surface area contributed by atoms with Crippen molar-refractivity contribution >= 4 is 27.8 Å². The average Bonchev–Trinajstić information content (AvgIpc) is 2.16. The van der Waals surface area contributed by atoms with Crippen LogP contribution in [-0.2, 0) is 14.9 Å². The first-order valence-electron chi connectivity index (χ1n) is 3.27. The van der Waals surface area contributed by atoms with E-state index in [4.69, 9.17) is 0 Å². The molecule has 2 nitrogen and oxygen atoms in total. The Labute approximate surface area is 77.3 Å². The largest absolute Gasteiger partial charge is 0.233 e. The van der Waals surface area contributed by atoms with Crippen molar-refractivity contribution < 1.29 is 9.59 Å². The van der Waals surface area contributed by atoms with E-state index in [1.807, 2.05) is 0 Å². The third-order valence-corrected chi connectivity index (χ3v) is 2.11. The molecule has 0 aliphatic rings. The maximum Gasteiger partial charge on any atom is 0.134 e. The fourth-order valence-electron chi connectivity index (χ4n) is 0.917. The highest BCUT2D eigenvalue weighted by atomic mass is 79.9. The molecular weight excluding hydrogens is 220 g/mol. The highest BCUT2D eigenvalue weighted by molar-refractivity contribution is 9.08. The Morgan fingerprint density at radius 3 is 2.50 bits per heavy atom. The van der Waals surface area contributed by atoms with Crippen molar-refractivity contribution in [1.82, 2.24) is 0 Å². The second-order valence-corrected chi connectivity index (χ2v) is 2.74. The van der Waals surface area contributed by atoms with Gasteiger partial charge in [0, 0.05) is 5.33 Å². The molecule has 0 N–H and O–H groups in total. The average molecular weight is 225 g/mol. The minimum absolute atomic E-state index is 0.266. The monoisotopic (exact) mass is 224 g/mol. The van der Waals surface area contributed by atoms with Crippen LogP contribution in [0.3, 0.4) is 0 Å². The van der Waals surface area contributed by atoms with E-state index in [2.05, 4.69) is 15.9 Å². The van der Waals surface area contributed by atoms with Crippen LogP contribution in [0, 0.1) is 0 Å². The molecule has 0 fully saturated rings. The van der Waals surface area contributed by atoms with Crippen molar-refractivity contribution in [2.24, 2.45) is 0 Å². The summed E-state index contributed by atoms with van der Waals surface area (Å²) < 4.78 is 0. The molecule has 0 atom stereocenters. The third kappa shape index (κ3) is 1.54. The topological polar surface area (TPSA) is 34.1 Å². The number of carbonyl (C=O) groups excluding carboxylic acids is 2. The van der Waals surface area contributed by atoms with Gasteiger partial charge in [0.1, 0.15) is 11.9 Å². The zero-order valence-electron chi connectivity index (χ0n) is 6.13. The first-order chi connectivity index (χ1) is 5.83. The van der Waals surface area contributed by atoms with Gasteiger partial charge < -0.3 is 0 Å². The number of hydrogen-bond acceptors (Lipinski definition) is 2. The molecule has 0 radical (unpaired) electrons. The van der Waals surface area contributed by atoms with E-state index in [-0.39, 0.29) is 5.22 Å². The number of halogens is 1. The number of rotatable bonds is 1. The van der Waals surface area contributed by atoms with Gasteiger partial charge in [-0.25, -0.2) is 9.59 Å². The Balaban J connectivity index is 3.80. The molecule has 60 valence electrons. The van der Waals surface area contributed by atoms with Crippen LogP contribution in [0.15, 0.2) is 18.2 Å². The van der Waals surface area contributed by atoms with Crippen molar-refractivity contribution in [1.29, 1.82) is 0 Å². The molecule has 1 rings (SSSR count). The highest BCUT2D eigenvalue weighted by Gasteiger charge is 1.94. The summed E-state index contributed by atoms with van der Waals surface area (Å²) in [6, 6.07) is 5.01. The molecule has 0 aliphatic heterocycles. The van der Waals surface area contributed by atoms with Gasteiger partial charge in [0.05, 0.1) is 10.4 Å². The van der Waals surface area contributed by atoms with Gasteiger partial charge in [-0.3, -0.25) is 0 Å². The molecule has 0 saturated heterocycles. The zero-order chi connectivity index (χ0) is 8.97. The van der Waals surface area contributed by atoms with Crippen LogP contribution in [-0.4, -0.2) is 11.9 Å². The Hall–Kier alpha value is -1.14. The third-order valence-electron chi connectivity index (χ3n) is 1.51. The lowest BCUT2D eigenvalue weighted by molar-refractivity contribution is 0.564. The first-order valence-corrected chi connectivity index (χ1v) is 4.39. The van der Waals surface area contributed by atoms with E-state index < -0.39 is 0 Å². The molecule has 1 aromatic carbocycles. The Bertz CT molecular complexity index is 440. The van der Waals surface area contributed by atoms with Gasteiger partial charge >= 0.3 is 0 Å².